The number of carbonyl (C=O) groups excluding carboxylic acids is 1. The summed E-state index contributed by atoms with van der Waals surface area (Å²) in [5.41, 5.74) is 7.01. The Morgan fingerprint density at radius 3 is 2.43 bits per heavy atom. The minimum Gasteiger partial charge on any atom is -0.497 e. The molecule has 0 atom stereocenters. The molecule has 0 saturated carbocycles. The van der Waals surface area contributed by atoms with Crippen LogP contribution in [0.4, 0.5) is 4.39 Å². The predicted octanol–water partition coefficient (Wildman–Crippen LogP) is 2.97. The summed E-state index contributed by atoms with van der Waals surface area (Å²) in [6, 6.07) is 11.9. The number of carbonyl (C=O) groups is 1. The van der Waals surface area contributed by atoms with Gasteiger partial charge in [0.25, 0.3) is 5.91 Å². The minimum atomic E-state index is -0.533. The molecule has 2 aromatic rings. The summed E-state index contributed by atoms with van der Waals surface area (Å²) in [6.45, 7) is 1.08. The van der Waals surface area contributed by atoms with Gasteiger partial charge in [0.2, 0.25) is 0 Å². The second kappa shape index (κ2) is 8.29. The van der Waals surface area contributed by atoms with Crippen molar-refractivity contribution in [2.75, 3.05) is 20.2 Å². The van der Waals surface area contributed by atoms with Crippen molar-refractivity contribution >= 4 is 5.91 Å². The lowest BCUT2D eigenvalue weighted by molar-refractivity contribution is 0.0949. The lowest BCUT2D eigenvalue weighted by atomic mass is 10.0. The van der Waals surface area contributed by atoms with Gasteiger partial charge < -0.3 is 15.8 Å². The van der Waals surface area contributed by atoms with Crippen molar-refractivity contribution in [1.29, 1.82) is 0 Å². The molecule has 0 fully saturated rings. The first-order chi connectivity index (χ1) is 11.2. The fourth-order valence-corrected chi connectivity index (χ4v) is 2.23. The van der Waals surface area contributed by atoms with Crippen molar-refractivity contribution in [1.82, 2.24) is 5.32 Å². The summed E-state index contributed by atoms with van der Waals surface area (Å²) in [7, 11) is 1.59. The number of nitrogens with one attached hydrogen (secondary N) is 1. The van der Waals surface area contributed by atoms with Crippen molar-refractivity contribution in [2.24, 2.45) is 5.73 Å². The zero-order chi connectivity index (χ0) is 16.7. The third-order valence-electron chi connectivity index (χ3n) is 3.55. The van der Waals surface area contributed by atoms with Gasteiger partial charge in [-0.1, -0.05) is 18.2 Å². The van der Waals surface area contributed by atoms with E-state index in [1.807, 2.05) is 24.3 Å². The molecule has 4 nitrogen and oxygen atoms in total. The van der Waals surface area contributed by atoms with E-state index in [1.54, 1.807) is 13.2 Å². The number of nitrogens with two attached hydrogens (primary N) is 1. The summed E-state index contributed by atoms with van der Waals surface area (Å²) in [4.78, 5) is 12.0. The van der Waals surface area contributed by atoms with E-state index in [2.05, 4.69) is 5.32 Å². The quantitative estimate of drug-likeness (QED) is 0.772. The van der Waals surface area contributed by atoms with E-state index >= 15 is 0 Å². The Morgan fingerprint density at radius 1 is 1.13 bits per heavy atom. The van der Waals surface area contributed by atoms with Crippen molar-refractivity contribution in [3.63, 3.8) is 0 Å². The standard InChI is InChI=1S/C18H21FN2O2/c1-23-15-7-4-13(5-8-15)14-6-9-16(17(19)12-14)18(22)21-11-3-2-10-20/h4-9,12H,2-3,10-11,20H2,1H3,(H,21,22). The monoisotopic (exact) mass is 316 g/mol. The molecule has 1 amide bonds. The van der Waals surface area contributed by atoms with Gasteiger partial charge >= 0.3 is 0 Å². The molecule has 0 aliphatic rings. The van der Waals surface area contributed by atoms with E-state index in [1.165, 1.54) is 12.1 Å². The van der Waals surface area contributed by atoms with Crippen LogP contribution in [0.15, 0.2) is 42.5 Å². The second-order valence-corrected chi connectivity index (χ2v) is 5.17. The molecule has 0 heterocycles. The Morgan fingerprint density at radius 2 is 1.83 bits per heavy atom. The molecule has 0 aliphatic heterocycles. The van der Waals surface area contributed by atoms with Crippen molar-refractivity contribution in [3.8, 4) is 16.9 Å². The molecule has 0 spiro atoms. The summed E-state index contributed by atoms with van der Waals surface area (Å²) in [5.74, 6) is -0.196. The van der Waals surface area contributed by atoms with Crippen molar-refractivity contribution < 1.29 is 13.9 Å². The normalized spacial score (nSPS) is 10.4. The summed E-state index contributed by atoms with van der Waals surface area (Å²) in [6.07, 6.45) is 1.62. The maximum Gasteiger partial charge on any atom is 0.254 e. The molecular weight excluding hydrogens is 295 g/mol. The Balaban J connectivity index is 2.08. The van der Waals surface area contributed by atoms with Crippen LogP contribution in [0.3, 0.4) is 0 Å². The molecule has 0 radical (unpaired) electrons. The average Bonchev–Trinajstić information content (AvgIpc) is 2.58. The van der Waals surface area contributed by atoms with Gasteiger partial charge in [0.05, 0.1) is 12.7 Å². The highest BCUT2D eigenvalue weighted by Crippen LogP contribution is 2.24. The van der Waals surface area contributed by atoms with Crippen LogP contribution < -0.4 is 15.8 Å². The molecule has 0 bridgehead atoms. The van der Waals surface area contributed by atoms with Gasteiger partial charge in [-0.25, -0.2) is 4.39 Å². The molecule has 0 unspecified atom stereocenters. The Labute approximate surface area is 135 Å². The Hall–Kier alpha value is -2.40. The van der Waals surface area contributed by atoms with Gasteiger partial charge in [-0.15, -0.1) is 0 Å². The van der Waals surface area contributed by atoms with E-state index in [9.17, 15) is 9.18 Å². The molecule has 23 heavy (non-hydrogen) atoms. The minimum absolute atomic E-state index is 0.0509. The van der Waals surface area contributed by atoms with Crippen LogP contribution in [0.1, 0.15) is 23.2 Å². The van der Waals surface area contributed by atoms with Crippen LogP contribution in [0.25, 0.3) is 11.1 Å². The molecule has 122 valence electrons. The van der Waals surface area contributed by atoms with E-state index in [4.69, 9.17) is 10.5 Å². The van der Waals surface area contributed by atoms with Gasteiger partial charge in [-0.3, -0.25) is 4.79 Å². The largest absolute Gasteiger partial charge is 0.497 e. The van der Waals surface area contributed by atoms with Crippen LogP contribution in [0.2, 0.25) is 0 Å². The highest BCUT2D eigenvalue weighted by molar-refractivity contribution is 5.95. The first kappa shape index (κ1) is 17.0. The van der Waals surface area contributed by atoms with Gasteiger partial charge in [0.1, 0.15) is 11.6 Å². The zero-order valence-electron chi connectivity index (χ0n) is 13.1. The average molecular weight is 316 g/mol. The number of hydrogen-bond donors (Lipinski definition) is 2. The highest BCUT2D eigenvalue weighted by Gasteiger charge is 2.12. The summed E-state index contributed by atoms with van der Waals surface area (Å²) < 4.78 is 19.3. The maximum absolute atomic E-state index is 14.2. The fourth-order valence-electron chi connectivity index (χ4n) is 2.23. The summed E-state index contributed by atoms with van der Waals surface area (Å²) in [5, 5.41) is 2.70. The van der Waals surface area contributed by atoms with E-state index < -0.39 is 11.7 Å². The molecular formula is C18H21FN2O2. The molecule has 0 saturated heterocycles. The van der Waals surface area contributed by atoms with E-state index in [0.29, 0.717) is 18.7 Å². The number of hydrogen-bond acceptors (Lipinski definition) is 3. The predicted molar refractivity (Wildman–Crippen MR) is 89.0 cm³/mol. The third kappa shape index (κ3) is 4.53. The molecule has 2 rings (SSSR count). The molecule has 5 heteroatoms. The van der Waals surface area contributed by atoms with E-state index in [0.717, 1.165) is 24.2 Å². The van der Waals surface area contributed by atoms with Crippen LogP contribution in [-0.4, -0.2) is 26.1 Å². The number of rotatable bonds is 7. The highest BCUT2D eigenvalue weighted by atomic mass is 19.1. The molecule has 3 N–H and O–H groups in total. The second-order valence-electron chi connectivity index (χ2n) is 5.17. The van der Waals surface area contributed by atoms with Crippen LogP contribution in [0.5, 0.6) is 5.75 Å². The lowest BCUT2D eigenvalue weighted by Crippen LogP contribution is -2.25. The van der Waals surface area contributed by atoms with Crippen molar-refractivity contribution in [2.45, 2.75) is 12.8 Å². The van der Waals surface area contributed by atoms with Gasteiger partial charge in [-0.05, 0) is 54.8 Å². The molecule has 2 aromatic carbocycles. The first-order valence-electron chi connectivity index (χ1n) is 7.58. The molecule has 0 aromatic heterocycles. The summed E-state index contributed by atoms with van der Waals surface area (Å²) >= 11 is 0. The van der Waals surface area contributed by atoms with Crippen LogP contribution >= 0.6 is 0 Å². The topological polar surface area (TPSA) is 64.3 Å². The lowest BCUT2D eigenvalue weighted by Gasteiger charge is -2.08. The number of amides is 1. The number of benzene rings is 2. The maximum atomic E-state index is 14.2. The van der Waals surface area contributed by atoms with Crippen LogP contribution in [-0.2, 0) is 0 Å². The van der Waals surface area contributed by atoms with Gasteiger partial charge in [0, 0.05) is 6.54 Å². The van der Waals surface area contributed by atoms with Gasteiger partial charge in [0.15, 0.2) is 0 Å². The number of unbranched alkanes of at least 4 members (excludes halogenated alkanes) is 1. The third-order valence-corrected chi connectivity index (χ3v) is 3.55. The Bertz CT molecular complexity index is 657. The SMILES string of the molecule is COc1ccc(-c2ccc(C(=O)NCCCCN)c(F)c2)cc1. The Kier molecular flexibility index (Phi) is 6.11. The van der Waals surface area contributed by atoms with Crippen LogP contribution in [0, 0.1) is 5.82 Å². The smallest absolute Gasteiger partial charge is 0.254 e. The van der Waals surface area contributed by atoms with Crippen molar-refractivity contribution in [3.05, 3.63) is 53.8 Å². The van der Waals surface area contributed by atoms with Gasteiger partial charge in [-0.2, -0.15) is 0 Å². The number of halogens is 1. The van der Waals surface area contributed by atoms with E-state index in [-0.39, 0.29) is 5.56 Å². The number of methoxy groups -OCH3 is 1. The first-order valence-corrected chi connectivity index (χ1v) is 7.58. The zero-order valence-corrected chi connectivity index (χ0v) is 13.1. The molecule has 0 aliphatic carbocycles. The fraction of sp³-hybridized carbons (Fsp3) is 0.278. The number of ether oxygens (including phenoxy) is 1.